The van der Waals surface area contributed by atoms with Gasteiger partial charge in [-0.05, 0) is 64.0 Å². The van der Waals surface area contributed by atoms with Gasteiger partial charge < -0.3 is 14.6 Å². The van der Waals surface area contributed by atoms with Crippen LogP contribution in [-0.4, -0.2) is 5.97 Å². The van der Waals surface area contributed by atoms with Crippen molar-refractivity contribution < 1.29 is 14.6 Å². The van der Waals surface area contributed by atoms with Gasteiger partial charge in [0.2, 0.25) is 0 Å². The predicted octanol–water partition coefficient (Wildman–Crippen LogP) is 2.23. The summed E-state index contributed by atoms with van der Waals surface area (Å²) in [4.78, 5) is 10.7. The Morgan fingerprint density at radius 3 is 2.56 bits per heavy atom. The van der Waals surface area contributed by atoms with E-state index in [1.165, 1.54) is 6.07 Å². The molecule has 0 heterocycles. The van der Waals surface area contributed by atoms with E-state index in [4.69, 9.17) is 4.74 Å². The Labute approximate surface area is 119 Å². The molecular weight excluding hydrogens is 343 g/mol. The number of halogens is 1. The highest BCUT2D eigenvalue weighted by Gasteiger charge is 1.99. The third-order valence-corrected chi connectivity index (χ3v) is 3.10. The second-order valence-corrected chi connectivity index (χ2v) is 4.98. The van der Waals surface area contributed by atoms with Crippen LogP contribution >= 0.6 is 22.6 Å². The minimum Gasteiger partial charge on any atom is -0.545 e. The molecule has 2 aromatic carbocycles. The molecule has 18 heavy (non-hydrogen) atoms. The molecule has 0 atom stereocenters. The van der Waals surface area contributed by atoms with Crippen LogP contribution in [0.5, 0.6) is 5.75 Å². The maximum absolute atomic E-state index is 10.7. The van der Waals surface area contributed by atoms with Crippen molar-refractivity contribution in [2.45, 2.75) is 6.61 Å². The summed E-state index contributed by atoms with van der Waals surface area (Å²) < 4.78 is 6.70. The SMILES string of the molecule is O=C([O-])c1cccc(COc2ccc(I)cc2)c1. The van der Waals surface area contributed by atoms with E-state index >= 15 is 0 Å². The van der Waals surface area contributed by atoms with Gasteiger partial charge in [0.25, 0.3) is 0 Å². The fraction of sp³-hybridized carbons (Fsp3) is 0.0714. The molecule has 2 aromatic rings. The van der Waals surface area contributed by atoms with E-state index in [0.717, 1.165) is 14.9 Å². The number of carboxylic acids is 1. The Hall–Kier alpha value is -1.56. The first-order chi connectivity index (χ1) is 8.65. The van der Waals surface area contributed by atoms with Gasteiger partial charge in [0.05, 0.1) is 5.97 Å². The number of hydrogen-bond donors (Lipinski definition) is 0. The number of carboxylic acid groups (broad SMARTS) is 1. The summed E-state index contributed by atoms with van der Waals surface area (Å²) in [5, 5.41) is 10.7. The molecule has 0 aliphatic rings. The van der Waals surface area contributed by atoms with Crippen molar-refractivity contribution in [1.82, 2.24) is 0 Å². The first-order valence-electron chi connectivity index (χ1n) is 5.34. The minimum atomic E-state index is -1.17. The monoisotopic (exact) mass is 353 g/mol. The Morgan fingerprint density at radius 2 is 1.89 bits per heavy atom. The van der Waals surface area contributed by atoms with E-state index < -0.39 is 5.97 Å². The molecule has 0 aliphatic heterocycles. The summed E-state index contributed by atoms with van der Waals surface area (Å²) in [6.07, 6.45) is 0. The van der Waals surface area contributed by atoms with Gasteiger partial charge >= 0.3 is 0 Å². The van der Waals surface area contributed by atoms with Gasteiger partial charge in [0.15, 0.2) is 0 Å². The Bertz CT molecular complexity index is 549. The molecule has 0 N–H and O–H groups in total. The van der Waals surface area contributed by atoms with Gasteiger partial charge in [-0.3, -0.25) is 0 Å². The van der Waals surface area contributed by atoms with E-state index in [9.17, 15) is 9.90 Å². The topological polar surface area (TPSA) is 49.4 Å². The molecule has 3 nitrogen and oxygen atoms in total. The van der Waals surface area contributed by atoms with E-state index in [2.05, 4.69) is 22.6 Å². The molecule has 0 radical (unpaired) electrons. The maximum Gasteiger partial charge on any atom is 0.119 e. The summed E-state index contributed by atoms with van der Waals surface area (Å²) in [7, 11) is 0. The third-order valence-electron chi connectivity index (χ3n) is 2.38. The van der Waals surface area contributed by atoms with Crippen LogP contribution < -0.4 is 9.84 Å². The molecule has 0 saturated heterocycles. The summed E-state index contributed by atoms with van der Waals surface area (Å²) in [6.45, 7) is 0.335. The summed E-state index contributed by atoms with van der Waals surface area (Å²) in [5.74, 6) is -0.416. The lowest BCUT2D eigenvalue weighted by Gasteiger charge is -2.08. The molecule has 4 heteroatoms. The van der Waals surface area contributed by atoms with Gasteiger partial charge in [-0.15, -0.1) is 0 Å². The quantitative estimate of drug-likeness (QED) is 0.793. The zero-order valence-corrected chi connectivity index (χ0v) is 11.6. The lowest BCUT2D eigenvalue weighted by molar-refractivity contribution is -0.255. The Kier molecular flexibility index (Phi) is 4.19. The van der Waals surface area contributed by atoms with E-state index in [1.807, 2.05) is 30.3 Å². The number of rotatable bonds is 4. The lowest BCUT2D eigenvalue weighted by Crippen LogP contribution is -2.22. The highest BCUT2D eigenvalue weighted by molar-refractivity contribution is 14.1. The van der Waals surface area contributed by atoms with Crippen molar-refractivity contribution in [3.05, 3.63) is 63.2 Å². The third kappa shape index (κ3) is 3.46. The van der Waals surface area contributed by atoms with Gasteiger partial charge in [-0.1, -0.05) is 18.2 Å². The first kappa shape index (κ1) is 12.9. The fourth-order valence-electron chi connectivity index (χ4n) is 1.49. The molecule has 0 unspecified atom stereocenters. The van der Waals surface area contributed by atoms with Crippen LogP contribution in [0.3, 0.4) is 0 Å². The largest absolute Gasteiger partial charge is 0.545 e. The van der Waals surface area contributed by atoms with Gasteiger partial charge in [0.1, 0.15) is 12.4 Å². The van der Waals surface area contributed by atoms with Crippen LogP contribution in [0.2, 0.25) is 0 Å². The molecule has 2 rings (SSSR count). The second-order valence-electron chi connectivity index (χ2n) is 3.73. The number of aromatic carboxylic acids is 1. The van der Waals surface area contributed by atoms with Crippen LogP contribution in [0, 0.1) is 3.57 Å². The summed E-state index contributed by atoms with van der Waals surface area (Å²) in [5.41, 5.74) is 0.967. The van der Waals surface area contributed by atoms with Crippen molar-refractivity contribution in [2.75, 3.05) is 0 Å². The predicted molar refractivity (Wildman–Crippen MR) is 74.3 cm³/mol. The fourth-order valence-corrected chi connectivity index (χ4v) is 1.85. The number of benzene rings is 2. The number of hydrogen-bond acceptors (Lipinski definition) is 3. The molecule has 0 amide bonds. The molecule has 0 saturated carbocycles. The average molecular weight is 353 g/mol. The van der Waals surface area contributed by atoms with Crippen LogP contribution in [0.4, 0.5) is 0 Å². The van der Waals surface area contributed by atoms with Crippen LogP contribution in [0.25, 0.3) is 0 Å². The Morgan fingerprint density at radius 1 is 1.17 bits per heavy atom. The van der Waals surface area contributed by atoms with Gasteiger partial charge in [0, 0.05) is 3.57 Å². The zero-order valence-electron chi connectivity index (χ0n) is 9.43. The first-order valence-corrected chi connectivity index (χ1v) is 6.42. The van der Waals surface area contributed by atoms with Crippen LogP contribution in [0.1, 0.15) is 15.9 Å². The average Bonchev–Trinajstić information content (AvgIpc) is 2.38. The zero-order chi connectivity index (χ0) is 13.0. The lowest BCUT2D eigenvalue weighted by atomic mass is 10.1. The molecular formula is C14H10IO3-. The molecule has 0 fully saturated rings. The molecule has 0 spiro atoms. The van der Waals surface area contributed by atoms with Crippen molar-refractivity contribution in [2.24, 2.45) is 0 Å². The summed E-state index contributed by atoms with van der Waals surface area (Å²) >= 11 is 2.22. The van der Waals surface area contributed by atoms with Crippen molar-refractivity contribution >= 4 is 28.6 Å². The van der Waals surface area contributed by atoms with Crippen molar-refractivity contribution in [3.8, 4) is 5.75 Å². The molecule has 0 aromatic heterocycles. The van der Waals surface area contributed by atoms with Gasteiger partial charge in [-0.25, -0.2) is 0 Å². The second kappa shape index (κ2) is 5.86. The smallest absolute Gasteiger partial charge is 0.119 e. The molecule has 92 valence electrons. The maximum atomic E-state index is 10.7. The molecule has 0 bridgehead atoms. The van der Waals surface area contributed by atoms with Crippen LogP contribution in [0.15, 0.2) is 48.5 Å². The van der Waals surface area contributed by atoms with Gasteiger partial charge in [-0.2, -0.15) is 0 Å². The standard InChI is InChI=1S/C14H11IO3/c15-12-4-6-13(7-5-12)18-9-10-2-1-3-11(8-10)14(16)17/h1-8H,9H2,(H,16,17)/p-1. The highest BCUT2D eigenvalue weighted by atomic mass is 127. The number of ether oxygens (including phenoxy) is 1. The van der Waals surface area contributed by atoms with E-state index in [-0.39, 0.29) is 5.56 Å². The van der Waals surface area contributed by atoms with E-state index in [0.29, 0.717) is 6.61 Å². The number of carbonyl (C=O) groups excluding carboxylic acids is 1. The Balaban J connectivity index is 2.04. The summed E-state index contributed by atoms with van der Waals surface area (Å²) in [6, 6.07) is 14.2. The number of carbonyl (C=O) groups is 1. The minimum absolute atomic E-state index is 0.165. The highest BCUT2D eigenvalue weighted by Crippen LogP contribution is 2.15. The normalized spacial score (nSPS) is 10.1. The van der Waals surface area contributed by atoms with Crippen molar-refractivity contribution in [3.63, 3.8) is 0 Å². The van der Waals surface area contributed by atoms with Crippen LogP contribution in [-0.2, 0) is 6.61 Å². The van der Waals surface area contributed by atoms with Crippen molar-refractivity contribution in [1.29, 1.82) is 0 Å². The van der Waals surface area contributed by atoms with E-state index in [1.54, 1.807) is 12.1 Å². The molecule has 0 aliphatic carbocycles.